The molecule has 154 valence electrons. The summed E-state index contributed by atoms with van der Waals surface area (Å²) < 4.78 is 19.4. The van der Waals surface area contributed by atoms with Gasteiger partial charge in [0.05, 0.1) is 12.1 Å². The van der Waals surface area contributed by atoms with Crippen LogP contribution < -0.4 is 4.90 Å². The lowest BCUT2D eigenvalue weighted by Crippen LogP contribution is -2.55. The zero-order chi connectivity index (χ0) is 20.4. The number of halogens is 1. The number of morpholine rings is 1. The van der Waals surface area contributed by atoms with Crippen LogP contribution in [0.5, 0.6) is 0 Å². The molecule has 0 aliphatic carbocycles. The van der Waals surface area contributed by atoms with E-state index in [1.807, 2.05) is 0 Å². The fourth-order valence-electron chi connectivity index (χ4n) is 4.47. The van der Waals surface area contributed by atoms with Gasteiger partial charge >= 0.3 is 0 Å². The summed E-state index contributed by atoms with van der Waals surface area (Å²) in [7, 11) is 0. The molecule has 2 aromatic carbocycles. The molecule has 2 aliphatic rings. The minimum atomic E-state index is -0.321. The highest BCUT2D eigenvalue weighted by molar-refractivity contribution is 5.95. The van der Waals surface area contributed by atoms with Crippen molar-refractivity contribution in [3.05, 3.63) is 65.0 Å². The summed E-state index contributed by atoms with van der Waals surface area (Å²) in [5.41, 5.74) is 4.43. The van der Waals surface area contributed by atoms with Crippen LogP contribution in [0.4, 0.5) is 10.1 Å². The van der Waals surface area contributed by atoms with E-state index >= 15 is 0 Å². The third-order valence-electron chi connectivity index (χ3n) is 6.28. The van der Waals surface area contributed by atoms with Crippen LogP contribution in [0.15, 0.2) is 42.5 Å². The van der Waals surface area contributed by atoms with Crippen LogP contribution in [0.1, 0.15) is 36.0 Å². The molecule has 0 N–H and O–H groups in total. The van der Waals surface area contributed by atoms with E-state index in [4.69, 9.17) is 4.74 Å². The number of rotatable bonds is 3. The third kappa shape index (κ3) is 4.51. The molecular formula is C24H29FN2O2. The lowest BCUT2D eigenvalue weighted by molar-refractivity contribution is -0.140. The predicted molar refractivity (Wildman–Crippen MR) is 112 cm³/mol. The zero-order valence-electron chi connectivity index (χ0n) is 17.3. The Hall–Kier alpha value is -2.24. The molecule has 0 radical (unpaired) electrons. The van der Waals surface area contributed by atoms with Gasteiger partial charge in [-0.25, -0.2) is 4.39 Å². The first kappa shape index (κ1) is 20.0. The van der Waals surface area contributed by atoms with Crippen molar-refractivity contribution in [2.75, 3.05) is 31.1 Å². The Bertz CT molecular complexity index is 883. The highest BCUT2D eigenvalue weighted by Crippen LogP contribution is 2.33. The van der Waals surface area contributed by atoms with E-state index in [1.165, 1.54) is 28.8 Å². The Morgan fingerprint density at radius 1 is 1.07 bits per heavy atom. The van der Waals surface area contributed by atoms with E-state index in [0.717, 1.165) is 44.6 Å². The fraction of sp³-hybridized carbons (Fsp3) is 0.458. The fourth-order valence-corrected chi connectivity index (χ4v) is 4.47. The van der Waals surface area contributed by atoms with Crippen molar-refractivity contribution >= 4 is 11.6 Å². The number of carbonyl (C=O) groups excluding carboxylic acids is 1. The number of amides is 1. The minimum Gasteiger partial charge on any atom is -0.363 e. The molecule has 2 aromatic rings. The largest absolute Gasteiger partial charge is 0.363 e. The number of hydrogen-bond acceptors (Lipinski definition) is 3. The van der Waals surface area contributed by atoms with Gasteiger partial charge in [0.15, 0.2) is 0 Å². The minimum absolute atomic E-state index is 0.0567. The van der Waals surface area contributed by atoms with Crippen molar-refractivity contribution in [1.82, 2.24) is 4.90 Å². The van der Waals surface area contributed by atoms with Crippen LogP contribution in [0.2, 0.25) is 0 Å². The standard InChI is InChI=1S/C24H29FN2O2/c1-18-4-5-19(2)20(14-18)15-26-12-3-10-24(11-13-26)17-27(23(28)16-29-24)22-8-6-21(25)7-9-22/h4-9,14H,3,10-13,15-17H2,1-2H3. The van der Waals surface area contributed by atoms with Crippen LogP contribution in [-0.4, -0.2) is 42.6 Å². The van der Waals surface area contributed by atoms with E-state index in [0.29, 0.717) is 6.54 Å². The normalized spacial score (nSPS) is 23.4. The van der Waals surface area contributed by atoms with Crippen LogP contribution in [0, 0.1) is 19.7 Å². The lowest BCUT2D eigenvalue weighted by Gasteiger charge is -2.42. The zero-order valence-corrected chi connectivity index (χ0v) is 17.3. The molecule has 5 heteroatoms. The van der Waals surface area contributed by atoms with E-state index < -0.39 is 0 Å². The molecule has 1 unspecified atom stereocenters. The maximum Gasteiger partial charge on any atom is 0.253 e. The molecule has 0 saturated carbocycles. The summed E-state index contributed by atoms with van der Waals surface area (Å²) in [4.78, 5) is 16.7. The molecule has 2 aliphatic heterocycles. The van der Waals surface area contributed by atoms with Gasteiger partial charge in [-0.2, -0.15) is 0 Å². The van der Waals surface area contributed by atoms with Crippen molar-refractivity contribution in [3.63, 3.8) is 0 Å². The molecule has 1 atom stereocenters. The molecule has 2 saturated heterocycles. The van der Waals surface area contributed by atoms with E-state index in [2.05, 4.69) is 36.9 Å². The number of likely N-dealkylation sites (tertiary alicyclic amines) is 1. The molecule has 4 rings (SSSR count). The molecule has 0 bridgehead atoms. The first-order chi connectivity index (χ1) is 13.9. The van der Waals surface area contributed by atoms with Crippen molar-refractivity contribution in [3.8, 4) is 0 Å². The molecule has 2 heterocycles. The Kier molecular flexibility index (Phi) is 5.70. The Balaban J connectivity index is 1.46. The van der Waals surface area contributed by atoms with Crippen LogP contribution >= 0.6 is 0 Å². The Labute approximate surface area is 172 Å². The summed E-state index contributed by atoms with van der Waals surface area (Å²) >= 11 is 0. The summed E-state index contributed by atoms with van der Waals surface area (Å²) in [6.07, 6.45) is 2.86. The summed E-state index contributed by atoms with van der Waals surface area (Å²) in [5.74, 6) is -0.348. The molecular weight excluding hydrogens is 367 g/mol. The van der Waals surface area contributed by atoms with Gasteiger partial charge < -0.3 is 9.64 Å². The second-order valence-electron chi connectivity index (χ2n) is 8.49. The van der Waals surface area contributed by atoms with Crippen LogP contribution in [-0.2, 0) is 16.1 Å². The van der Waals surface area contributed by atoms with Gasteiger partial charge in [0.25, 0.3) is 5.91 Å². The number of nitrogens with zero attached hydrogens (tertiary/aromatic N) is 2. The average Bonchev–Trinajstić information content (AvgIpc) is 2.90. The summed E-state index contributed by atoms with van der Waals surface area (Å²) in [6.45, 7) is 7.86. The van der Waals surface area contributed by atoms with Gasteiger partial charge in [-0.1, -0.05) is 23.8 Å². The number of anilines is 1. The van der Waals surface area contributed by atoms with E-state index in [9.17, 15) is 9.18 Å². The highest BCUT2D eigenvalue weighted by Gasteiger charge is 2.41. The summed E-state index contributed by atoms with van der Waals surface area (Å²) in [6, 6.07) is 12.8. The van der Waals surface area contributed by atoms with Crippen LogP contribution in [0.25, 0.3) is 0 Å². The summed E-state index contributed by atoms with van der Waals surface area (Å²) in [5, 5.41) is 0. The molecule has 1 spiro atoms. The van der Waals surface area contributed by atoms with Crippen molar-refractivity contribution in [2.45, 2.75) is 45.3 Å². The van der Waals surface area contributed by atoms with Gasteiger partial charge in [-0.15, -0.1) is 0 Å². The quantitative estimate of drug-likeness (QED) is 0.778. The predicted octanol–water partition coefficient (Wildman–Crippen LogP) is 4.23. The number of benzene rings is 2. The number of hydrogen-bond donors (Lipinski definition) is 0. The van der Waals surface area contributed by atoms with Crippen molar-refractivity contribution < 1.29 is 13.9 Å². The topological polar surface area (TPSA) is 32.8 Å². The van der Waals surface area contributed by atoms with Gasteiger partial charge in [0.1, 0.15) is 12.4 Å². The SMILES string of the molecule is Cc1ccc(C)c(CN2CCCC3(CC2)CN(c2ccc(F)cc2)C(=O)CO3)c1. The van der Waals surface area contributed by atoms with E-state index in [-0.39, 0.29) is 23.9 Å². The Morgan fingerprint density at radius 3 is 2.66 bits per heavy atom. The first-order valence-corrected chi connectivity index (χ1v) is 10.4. The van der Waals surface area contributed by atoms with Gasteiger partial charge in [0.2, 0.25) is 0 Å². The smallest absolute Gasteiger partial charge is 0.253 e. The average molecular weight is 397 g/mol. The van der Waals surface area contributed by atoms with Gasteiger partial charge in [0, 0.05) is 18.8 Å². The molecule has 29 heavy (non-hydrogen) atoms. The van der Waals surface area contributed by atoms with Crippen molar-refractivity contribution in [1.29, 1.82) is 0 Å². The number of aryl methyl sites for hydroxylation is 2. The maximum absolute atomic E-state index is 13.3. The van der Waals surface area contributed by atoms with Crippen molar-refractivity contribution in [2.24, 2.45) is 0 Å². The monoisotopic (exact) mass is 396 g/mol. The molecule has 1 amide bonds. The second kappa shape index (κ2) is 8.25. The number of ether oxygens (including phenoxy) is 1. The van der Waals surface area contributed by atoms with Gasteiger partial charge in [-0.05, 0) is 75.0 Å². The van der Waals surface area contributed by atoms with Gasteiger partial charge in [-0.3, -0.25) is 9.69 Å². The molecule has 2 fully saturated rings. The maximum atomic E-state index is 13.3. The highest BCUT2D eigenvalue weighted by atomic mass is 19.1. The number of carbonyl (C=O) groups is 1. The molecule has 4 nitrogen and oxygen atoms in total. The Morgan fingerprint density at radius 2 is 1.86 bits per heavy atom. The molecule has 0 aromatic heterocycles. The lowest BCUT2D eigenvalue weighted by atomic mass is 9.92. The van der Waals surface area contributed by atoms with E-state index in [1.54, 1.807) is 17.0 Å². The third-order valence-corrected chi connectivity index (χ3v) is 6.28. The van der Waals surface area contributed by atoms with Crippen LogP contribution in [0.3, 0.4) is 0 Å². The first-order valence-electron chi connectivity index (χ1n) is 10.4. The second-order valence-corrected chi connectivity index (χ2v) is 8.49.